The molecule has 0 saturated heterocycles. The number of hydrogen-bond donors (Lipinski definition) is 1. The van der Waals surface area contributed by atoms with Gasteiger partial charge in [-0.05, 0) is 31.2 Å². The molecular formula is C24H21N3O2. The Labute approximate surface area is 169 Å². The lowest BCUT2D eigenvalue weighted by molar-refractivity contribution is 0.123. The van der Waals surface area contributed by atoms with Gasteiger partial charge >= 0.3 is 0 Å². The Morgan fingerprint density at radius 2 is 1.07 bits per heavy atom. The summed E-state index contributed by atoms with van der Waals surface area (Å²) < 4.78 is 5.54. The van der Waals surface area contributed by atoms with Crippen molar-refractivity contribution in [2.75, 3.05) is 6.61 Å². The Hall–Kier alpha value is -3.57. The van der Waals surface area contributed by atoms with Crippen LogP contribution >= 0.6 is 0 Å². The largest absolute Gasteiger partial charge is 0.491 e. The molecule has 0 aliphatic heterocycles. The second-order valence-electron chi connectivity index (χ2n) is 6.72. The molecular weight excluding hydrogens is 362 g/mol. The molecule has 29 heavy (non-hydrogen) atoms. The van der Waals surface area contributed by atoms with Gasteiger partial charge in [0.25, 0.3) is 0 Å². The lowest BCUT2D eigenvalue weighted by Gasteiger charge is -2.10. The summed E-state index contributed by atoms with van der Waals surface area (Å²) in [7, 11) is 0. The van der Waals surface area contributed by atoms with E-state index in [1.807, 2.05) is 84.9 Å². The smallest absolute Gasteiger partial charge is 0.164 e. The van der Waals surface area contributed by atoms with E-state index in [-0.39, 0.29) is 6.61 Å². The summed E-state index contributed by atoms with van der Waals surface area (Å²) in [5.41, 5.74) is 2.74. The first kappa shape index (κ1) is 18.8. The van der Waals surface area contributed by atoms with E-state index >= 15 is 0 Å². The van der Waals surface area contributed by atoms with Crippen molar-refractivity contribution >= 4 is 0 Å². The number of aliphatic hydroxyl groups is 1. The molecule has 144 valence electrons. The summed E-state index contributed by atoms with van der Waals surface area (Å²) in [4.78, 5) is 14.1. The summed E-state index contributed by atoms with van der Waals surface area (Å²) in [5, 5.41) is 9.37. The van der Waals surface area contributed by atoms with Gasteiger partial charge in [-0.2, -0.15) is 0 Å². The zero-order chi connectivity index (χ0) is 20.1. The van der Waals surface area contributed by atoms with Crippen LogP contribution in [-0.2, 0) is 0 Å². The number of ether oxygens (including phenoxy) is 1. The number of aliphatic hydroxyl groups excluding tert-OH is 1. The highest BCUT2D eigenvalue weighted by molar-refractivity contribution is 5.66. The molecule has 0 spiro atoms. The normalized spacial score (nSPS) is 11.8. The Kier molecular flexibility index (Phi) is 5.59. The van der Waals surface area contributed by atoms with Gasteiger partial charge in [-0.15, -0.1) is 0 Å². The monoisotopic (exact) mass is 383 g/mol. The molecule has 5 nitrogen and oxygen atoms in total. The summed E-state index contributed by atoms with van der Waals surface area (Å²) >= 11 is 0. The van der Waals surface area contributed by atoms with Crippen LogP contribution in [0.1, 0.15) is 6.92 Å². The number of nitrogens with zero attached hydrogens (tertiary/aromatic N) is 3. The fourth-order valence-corrected chi connectivity index (χ4v) is 2.85. The highest BCUT2D eigenvalue weighted by Crippen LogP contribution is 2.25. The second-order valence-corrected chi connectivity index (χ2v) is 6.72. The van der Waals surface area contributed by atoms with Gasteiger partial charge in [0.05, 0.1) is 6.10 Å². The predicted octanol–water partition coefficient (Wildman–Crippen LogP) is 4.63. The van der Waals surface area contributed by atoms with Gasteiger partial charge < -0.3 is 9.84 Å². The minimum absolute atomic E-state index is 0.251. The molecule has 4 rings (SSSR count). The third-order valence-corrected chi connectivity index (χ3v) is 4.30. The average Bonchev–Trinajstić information content (AvgIpc) is 2.79. The Morgan fingerprint density at radius 1 is 0.655 bits per heavy atom. The van der Waals surface area contributed by atoms with Crippen LogP contribution in [0.15, 0.2) is 84.9 Å². The van der Waals surface area contributed by atoms with E-state index in [9.17, 15) is 5.11 Å². The van der Waals surface area contributed by atoms with Crippen LogP contribution in [0.4, 0.5) is 0 Å². The van der Waals surface area contributed by atoms with Gasteiger partial charge in [0.1, 0.15) is 12.4 Å². The Balaban J connectivity index is 1.74. The van der Waals surface area contributed by atoms with Crippen molar-refractivity contribution in [3.05, 3.63) is 84.9 Å². The molecule has 3 aromatic carbocycles. The van der Waals surface area contributed by atoms with Crippen molar-refractivity contribution in [2.24, 2.45) is 0 Å². The molecule has 0 fully saturated rings. The molecule has 0 amide bonds. The van der Waals surface area contributed by atoms with Crippen molar-refractivity contribution < 1.29 is 9.84 Å². The highest BCUT2D eigenvalue weighted by Gasteiger charge is 2.12. The molecule has 0 radical (unpaired) electrons. The van der Waals surface area contributed by atoms with E-state index in [4.69, 9.17) is 19.7 Å². The van der Waals surface area contributed by atoms with E-state index in [1.54, 1.807) is 6.92 Å². The lowest BCUT2D eigenvalue weighted by atomic mass is 10.1. The van der Waals surface area contributed by atoms with Crippen molar-refractivity contribution in [2.45, 2.75) is 13.0 Å². The van der Waals surface area contributed by atoms with E-state index < -0.39 is 6.10 Å². The van der Waals surface area contributed by atoms with Gasteiger partial charge in [-0.1, -0.05) is 60.7 Å². The number of hydrogen-bond acceptors (Lipinski definition) is 5. The molecule has 4 aromatic rings. The maximum atomic E-state index is 9.37. The van der Waals surface area contributed by atoms with Crippen LogP contribution in [0.2, 0.25) is 0 Å². The fourth-order valence-electron chi connectivity index (χ4n) is 2.85. The van der Waals surface area contributed by atoms with Gasteiger partial charge in [0, 0.05) is 16.7 Å². The van der Waals surface area contributed by atoms with Crippen molar-refractivity contribution in [3.8, 4) is 39.9 Å². The fraction of sp³-hybridized carbons (Fsp3) is 0.125. The van der Waals surface area contributed by atoms with Crippen molar-refractivity contribution in [1.29, 1.82) is 0 Å². The van der Waals surface area contributed by atoms with Crippen molar-refractivity contribution in [3.63, 3.8) is 0 Å². The minimum Gasteiger partial charge on any atom is -0.491 e. The molecule has 0 aliphatic rings. The Morgan fingerprint density at radius 3 is 1.48 bits per heavy atom. The van der Waals surface area contributed by atoms with Crippen molar-refractivity contribution in [1.82, 2.24) is 15.0 Å². The molecule has 5 heteroatoms. The molecule has 1 N–H and O–H groups in total. The van der Waals surface area contributed by atoms with E-state index in [1.165, 1.54) is 0 Å². The first-order chi connectivity index (χ1) is 14.2. The van der Waals surface area contributed by atoms with Gasteiger partial charge in [0.15, 0.2) is 17.5 Å². The maximum absolute atomic E-state index is 9.37. The summed E-state index contributed by atoms with van der Waals surface area (Å²) in [6, 6.07) is 27.3. The first-order valence-corrected chi connectivity index (χ1v) is 9.47. The molecule has 1 heterocycles. The van der Waals surface area contributed by atoms with E-state index in [0.29, 0.717) is 23.2 Å². The number of benzene rings is 3. The quantitative estimate of drug-likeness (QED) is 0.526. The van der Waals surface area contributed by atoms with Crippen LogP contribution < -0.4 is 4.74 Å². The second kappa shape index (κ2) is 8.63. The standard InChI is InChI=1S/C24H21N3O2/c1-17(28)16-29-21-14-12-20(13-15-21)24-26-22(18-8-4-2-5-9-18)25-23(27-24)19-10-6-3-7-11-19/h2-15,17,28H,16H2,1H3. The predicted molar refractivity (Wildman–Crippen MR) is 113 cm³/mol. The summed E-state index contributed by atoms with van der Waals surface area (Å²) in [5.74, 6) is 2.54. The van der Waals surface area contributed by atoms with Crippen LogP contribution in [0.5, 0.6) is 5.75 Å². The van der Waals surface area contributed by atoms with E-state index in [2.05, 4.69) is 0 Å². The van der Waals surface area contributed by atoms with Gasteiger partial charge in [-0.25, -0.2) is 15.0 Å². The molecule has 1 aromatic heterocycles. The van der Waals surface area contributed by atoms with Crippen LogP contribution in [0.3, 0.4) is 0 Å². The number of aromatic nitrogens is 3. The van der Waals surface area contributed by atoms with Crippen LogP contribution in [-0.4, -0.2) is 32.8 Å². The molecule has 0 saturated carbocycles. The topological polar surface area (TPSA) is 68.1 Å². The Bertz CT molecular complexity index is 1010. The zero-order valence-corrected chi connectivity index (χ0v) is 16.1. The number of rotatable bonds is 6. The summed E-state index contributed by atoms with van der Waals surface area (Å²) in [6.07, 6.45) is -0.514. The lowest BCUT2D eigenvalue weighted by Crippen LogP contribution is -2.12. The van der Waals surface area contributed by atoms with Gasteiger partial charge in [0.2, 0.25) is 0 Å². The summed E-state index contributed by atoms with van der Waals surface area (Å²) in [6.45, 7) is 1.94. The van der Waals surface area contributed by atoms with Crippen LogP contribution in [0.25, 0.3) is 34.2 Å². The zero-order valence-electron chi connectivity index (χ0n) is 16.1. The van der Waals surface area contributed by atoms with Gasteiger partial charge in [-0.3, -0.25) is 0 Å². The minimum atomic E-state index is -0.514. The first-order valence-electron chi connectivity index (χ1n) is 9.47. The third-order valence-electron chi connectivity index (χ3n) is 4.30. The molecule has 0 bridgehead atoms. The molecule has 1 unspecified atom stereocenters. The molecule has 0 aliphatic carbocycles. The molecule has 1 atom stereocenters. The van der Waals surface area contributed by atoms with Crippen LogP contribution in [0, 0.1) is 0 Å². The third kappa shape index (κ3) is 4.65. The maximum Gasteiger partial charge on any atom is 0.164 e. The average molecular weight is 383 g/mol. The van der Waals surface area contributed by atoms with E-state index in [0.717, 1.165) is 16.7 Å². The highest BCUT2D eigenvalue weighted by atomic mass is 16.5. The SMILES string of the molecule is CC(O)COc1ccc(-c2nc(-c3ccccc3)nc(-c3ccccc3)n2)cc1.